The number of para-hydroxylation sites is 2. The summed E-state index contributed by atoms with van der Waals surface area (Å²) in [4.78, 5) is 27.2. The number of hydrogen-bond acceptors (Lipinski definition) is 7. The number of thioether (sulfide) groups is 1. The second kappa shape index (κ2) is 9.63. The first-order chi connectivity index (χ1) is 15.1. The highest BCUT2D eigenvalue weighted by atomic mass is 32.2. The zero-order valence-corrected chi connectivity index (χ0v) is 17.9. The molecule has 1 unspecified atom stereocenters. The molecule has 8 nitrogen and oxygen atoms in total. The molecular formula is C21H19N5O3S2. The second-order valence-electron chi connectivity index (χ2n) is 6.67. The van der Waals surface area contributed by atoms with Crippen LogP contribution in [-0.4, -0.2) is 44.0 Å². The van der Waals surface area contributed by atoms with Crippen LogP contribution in [0.2, 0.25) is 0 Å². The number of carboxylic acid groups (broad SMARTS) is 1. The van der Waals surface area contributed by atoms with Gasteiger partial charge in [-0.3, -0.25) is 4.79 Å². The van der Waals surface area contributed by atoms with Crippen LogP contribution in [0.4, 0.5) is 10.8 Å². The number of H-pyrrole nitrogens is 1. The van der Waals surface area contributed by atoms with Crippen molar-refractivity contribution in [2.45, 2.75) is 16.8 Å². The molecule has 0 saturated carbocycles. The predicted molar refractivity (Wildman–Crippen MR) is 122 cm³/mol. The van der Waals surface area contributed by atoms with E-state index in [1.807, 2.05) is 54.6 Å². The maximum Gasteiger partial charge on any atom is 0.326 e. The Morgan fingerprint density at radius 3 is 2.68 bits per heavy atom. The van der Waals surface area contributed by atoms with Crippen molar-refractivity contribution < 1.29 is 14.7 Å². The lowest BCUT2D eigenvalue weighted by atomic mass is 10.1. The molecule has 2 heterocycles. The topological polar surface area (TPSA) is 120 Å². The zero-order chi connectivity index (χ0) is 21.6. The Balaban J connectivity index is 1.32. The lowest BCUT2D eigenvalue weighted by Crippen LogP contribution is -2.43. The molecule has 0 saturated heterocycles. The molecule has 4 aromatic rings. The van der Waals surface area contributed by atoms with Crippen LogP contribution in [0.15, 0.2) is 65.1 Å². The number of amides is 1. The molecular weight excluding hydrogens is 434 g/mol. The summed E-state index contributed by atoms with van der Waals surface area (Å²) >= 11 is 2.55. The van der Waals surface area contributed by atoms with Gasteiger partial charge < -0.3 is 20.7 Å². The molecule has 1 atom stereocenters. The molecule has 0 radical (unpaired) electrons. The SMILES string of the molecule is O=C(CSc1nnc(Nc2ccccc2)s1)NC(Cc1c[nH]c2ccccc12)C(=O)O. The number of rotatable bonds is 9. The molecule has 0 bridgehead atoms. The Labute approximate surface area is 186 Å². The molecule has 1 amide bonds. The van der Waals surface area contributed by atoms with Gasteiger partial charge in [-0.05, 0) is 23.8 Å². The molecule has 10 heteroatoms. The standard InChI is InChI=1S/C21H19N5O3S2/c27-18(12-30-21-26-25-20(31-21)23-14-6-2-1-3-7-14)24-17(19(28)29)10-13-11-22-16-9-5-4-8-15(13)16/h1-9,11,17,22H,10,12H2,(H,23,25)(H,24,27)(H,28,29). The van der Waals surface area contributed by atoms with Crippen LogP contribution in [0, 0.1) is 0 Å². The minimum Gasteiger partial charge on any atom is -0.480 e. The van der Waals surface area contributed by atoms with Crippen molar-refractivity contribution in [3.8, 4) is 0 Å². The van der Waals surface area contributed by atoms with E-state index in [-0.39, 0.29) is 18.1 Å². The molecule has 4 rings (SSSR count). The third-order valence-corrected chi connectivity index (χ3v) is 6.46. The minimum absolute atomic E-state index is 0.0532. The molecule has 31 heavy (non-hydrogen) atoms. The normalized spacial score (nSPS) is 11.9. The molecule has 0 fully saturated rings. The van der Waals surface area contributed by atoms with Gasteiger partial charge in [0.2, 0.25) is 11.0 Å². The number of aromatic nitrogens is 3. The summed E-state index contributed by atoms with van der Waals surface area (Å²) in [5.74, 6) is -1.39. The molecule has 2 aromatic carbocycles. The van der Waals surface area contributed by atoms with Crippen LogP contribution >= 0.6 is 23.1 Å². The number of carbonyl (C=O) groups is 2. The van der Waals surface area contributed by atoms with Crippen molar-refractivity contribution in [1.29, 1.82) is 0 Å². The number of nitrogens with zero attached hydrogens (tertiary/aromatic N) is 2. The number of carbonyl (C=O) groups excluding carboxylic acids is 1. The fraction of sp³-hybridized carbons (Fsp3) is 0.143. The van der Waals surface area contributed by atoms with Crippen molar-refractivity contribution >= 4 is 56.7 Å². The van der Waals surface area contributed by atoms with Crippen LogP contribution in [0.25, 0.3) is 10.9 Å². The first-order valence-electron chi connectivity index (χ1n) is 9.44. The summed E-state index contributed by atoms with van der Waals surface area (Å²) < 4.78 is 0.622. The van der Waals surface area contributed by atoms with Crippen LogP contribution in [0.3, 0.4) is 0 Å². The van der Waals surface area contributed by atoms with Crippen LogP contribution in [0.5, 0.6) is 0 Å². The Morgan fingerprint density at radius 1 is 1.10 bits per heavy atom. The number of hydrogen-bond donors (Lipinski definition) is 4. The van der Waals surface area contributed by atoms with Crippen molar-refractivity contribution in [1.82, 2.24) is 20.5 Å². The fourth-order valence-corrected chi connectivity index (χ4v) is 4.63. The van der Waals surface area contributed by atoms with Gasteiger partial charge in [0.05, 0.1) is 5.75 Å². The fourth-order valence-electron chi connectivity index (χ4n) is 3.05. The Kier molecular flexibility index (Phi) is 6.48. The smallest absolute Gasteiger partial charge is 0.326 e. The van der Waals surface area contributed by atoms with Crippen molar-refractivity contribution in [3.05, 3.63) is 66.4 Å². The van der Waals surface area contributed by atoms with E-state index in [9.17, 15) is 14.7 Å². The highest BCUT2D eigenvalue weighted by Crippen LogP contribution is 2.27. The van der Waals surface area contributed by atoms with Gasteiger partial charge >= 0.3 is 5.97 Å². The van der Waals surface area contributed by atoms with Crippen molar-refractivity contribution in [2.75, 3.05) is 11.1 Å². The Morgan fingerprint density at radius 2 is 1.87 bits per heavy atom. The van der Waals surface area contributed by atoms with Gasteiger partial charge in [-0.1, -0.05) is 59.5 Å². The van der Waals surface area contributed by atoms with Crippen molar-refractivity contribution in [3.63, 3.8) is 0 Å². The quantitative estimate of drug-likeness (QED) is 0.285. The molecule has 2 aromatic heterocycles. The van der Waals surface area contributed by atoms with Gasteiger partial charge in [-0.2, -0.15) is 0 Å². The van der Waals surface area contributed by atoms with Gasteiger partial charge in [0.25, 0.3) is 0 Å². The number of aliphatic carboxylic acids is 1. The number of anilines is 2. The van der Waals surface area contributed by atoms with Gasteiger partial charge in [0.15, 0.2) is 4.34 Å². The maximum atomic E-state index is 12.4. The number of nitrogens with one attached hydrogen (secondary N) is 3. The highest BCUT2D eigenvalue weighted by Gasteiger charge is 2.22. The van der Waals surface area contributed by atoms with Gasteiger partial charge in [-0.15, -0.1) is 10.2 Å². The molecule has 4 N–H and O–H groups in total. The minimum atomic E-state index is -1.08. The summed E-state index contributed by atoms with van der Waals surface area (Å²) in [5, 5.41) is 25.0. The molecule has 0 spiro atoms. The van der Waals surface area contributed by atoms with E-state index >= 15 is 0 Å². The lowest BCUT2D eigenvalue weighted by Gasteiger charge is -2.13. The van der Waals surface area contributed by atoms with E-state index in [1.54, 1.807) is 6.20 Å². The summed E-state index contributed by atoms with van der Waals surface area (Å²) in [6, 6.07) is 16.2. The summed E-state index contributed by atoms with van der Waals surface area (Å²) in [6.07, 6.45) is 1.98. The number of fused-ring (bicyclic) bond motifs is 1. The van der Waals surface area contributed by atoms with E-state index in [4.69, 9.17) is 0 Å². The van der Waals surface area contributed by atoms with E-state index < -0.39 is 12.0 Å². The average molecular weight is 454 g/mol. The second-order valence-corrected chi connectivity index (χ2v) is 8.87. The third-order valence-electron chi connectivity index (χ3n) is 4.49. The highest BCUT2D eigenvalue weighted by molar-refractivity contribution is 8.01. The largest absolute Gasteiger partial charge is 0.480 e. The number of benzene rings is 2. The molecule has 158 valence electrons. The van der Waals surface area contributed by atoms with Crippen LogP contribution in [-0.2, 0) is 16.0 Å². The zero-order valence-electron chi connectivity index (χ0n) is 16.2. The van der Waals surface area contributed by atoms with Crippen LogP contribution in [0.1, 0.15) is 5.56 Å². The first kappa shape index (κ1) is 20.9. The van der Waals surface area contributed by atoms with Gasteiger partial charge in [-0.25, -0.2) is 4.79 Å². The average Bonchev–Trinajstić information content (AvgIpc) is 3.39. The Hall–Kier alpha value is -3.37. The maximum absolute atomic E-state index is 12.4. The summed E-state index contributed by atoms with van der Waals surface area (Å²) in [6.45, 7) is 0. The Bertz CT molecular complexity index is 1190. The van der Waals surface area contributed by atoms with E-state index in [0.717, 1.165) is 22.2 Å². The monoisotopic (exact) mass is 453 g/mol. The summed E-state index contributed by atoms with van der Waals surface area (Å²) in [5.41, 5.74) is 2.67. The van der Waals surface area contributed by atoms with Gasteiger partial charge in [0.1, 0.15) is 6.04 Å². The predicted octanol–water partition coefficient (Wildman–Crippen LogP) is 3.67. The van der Waals surface area contributed by atoms with E-state index in [2.05, 4.69) is 25.8 Å². The number of carboxylic acids is 1. The molecule has 0 aliphatic rings. The van der Waals surface area contributed by atoms with Crippen LogP contribution < -0.4 is 10.6 Å². The van der Waals surface area contributed by atoms with Gasteiger partial charge in [0, 0.05) is 29.2 Å². The number of aromatic amines is 1. The summed E-state index contributed by atoms with van der Waals surface area (Å²) in [7, 11) is 0. The van der Waals surface area contributed by atoms with E-state index in [1.165, 1.54) is 23.1 Å². The third kappa shape index (κ3) is 5.41. The van der Waals surface area contributed by atoms with E-state index in [0.29, 0.717) is 9.47 Å². The first-order valence-corrected chi connectivity index (χ1v) is 11.2. The lowest BCUT2D eigenvalue weighted by molar-refractivity contribution is -0.141. The van der Waals surface area contributed by atoms with Crippen molar-refractivity contribution in [2.24, 2.45) is 0 Å². The molecule has 0 aliphatic heterocycles. The molecule has 0 aliphatic carbocycles.